The Hall–Kier alpha value is -4.07. The second-order valence-electron chi connectivity index (χ2n) is 7.48. The van der Waals surface area contributed by atoms with Crippen LogP contribution in [0.2, 0.25) is 0 Å². The average molecular weight is 605 g/mol. The van der Waals surface area contributed by atoms with E-state index in [-0.39, 0.29) is 24.3 Å². The van der Waals surface area contributed by atoms with E-state index in [4.69, 9.17) is 0 Å². The molecule has 0 N–H and O–H groups in total. The standard InChI is InChI=1S/C19H5F15N4O2/c20-15(21,22)7-1-5(2-8(35-7)16(23,24)25)12-11(13(39)19(32,33)34)14(40)38(37-12)6-3-9(17(26,27)28)36-10(4-6)18(29,30)31/h1-4,40H/p-1. The Balaban J connectivity index is 2.47. The Kier molecular flexibility index (Phi) is 7.05. The Morgan fingerprint density at radius 1 is 0.625 bits per heavy atom. The van der Waals surface area contributed by atoms with Crippen molar-refractivity contribution in [3.05, 3.63) is 52.6 Å². The van der Waals surface area contributed by atoms with E-state index < -0.39 is 92.5 Å². The second-order valence-corrected chi connectivity index (χ2v) is 7.48. The highest BCUT2D eigenvalue weighted by Crippen LogP contribution is 2.41. The first-order valence-corrected chi connectivity index (χ1v) is 9.57. The maximum Gasteiger partial charge on any atom is 0.454 e. The van der Waals surface area contributed by atoms with Gasteiger partial charge in [0.2, 0.25) is 0 Å². The molecule has 3 heterocycles. The van der Waals surface area contributed by atoms with Crippen molar-refractivity contribution in [1.29, 1.82) is 0 Å². The molecule has 0 aliphatic rings. The van der Waals surface area contributed by atoms with E-state index in [0.29, 0.717) is 0 Å². The molecule has 21 heteroatoms. The van der Waals surface area contributed by atoms with E-state index in [2.05, 4.69) is 15.1 Å². The molecule has 0 spiro atoms. The number of nitrogens with zero attached hydrogens (tertiary/aromatic N) is 4. The topological polar surface area (TPSA) is 83.7 Å². The van der Waals surface area contributed by atoms with Crippen molar-refractivity contribution in [1.82, 2.24) is 19.7 Å². The van der Waals surface area contributed by atoms with Gasteiger partial charge in [-0.3, -0.25) is 4.79 Å². The third-order valence-electron chi connectivity index (χ3n) is 4.64. The zero-order valence-corrected chi connectivity index (χ0v) is 18.1. The second kappa shape index (κ2) is 9.25. The first-order valence-electron chi connectivity index (χ1n) is 9.57. The maximum absolute atomic E-state index is 13.2. The van der Waals surface area contributed by atoms with Gasteiger partial charge < -0.3 is 5.11 Å². The van der Waals surface area contributed by atoms with Crippen LogP contribution in [0.3, 0.4) is 0 Å². The van der Waals surface area contributed by atoms with Crippen LogP contribution in [0.25, 0.3) is 16.9 Å². The zero-order valence-electron chi connectivity index (χ0n) is 18.1. The van der Waals surface area contributed by atoms with E-state index in [0.717, 1.165) is 0 Å². The van der Waals surface area contributed by atoms with Gasteiger partial charge in [-0.25, -0.2) is 14.6 Å². The smallest absolute Gasteiger partial charge is 0.454 e. The number of Topliss-reactive ketones (excluding diaryl/α,β-unsaturated/α-hetero) is 1. The molecule has 0 bridgehead atoms. The Morgan fingerprint density at radius 2 is 0.975 bits per heavy atom. The number of ketones is 1. The van der Waals surface area contributed by atoms with Gasteiger partial charge in [-0.1, -0.05) is 0 Å². The first kappa shape index (κ1) is 30.5. The van der Waals surface area contributed by atoms with E-state index in [1.165, 1.54) is 0 Å². The average Bonchev–Trinajstić information content (AvgIpc) is 3.11. The number of carbonyl (C=O) groups excluding carboxylic acids is 1. The molecule has 3 aromatic heterocycles. The summed E-state index contributed by atoms with van der Waals surface area (Å²) < 4.78 is 197. The fourth-order valence-corrected chi connectivity index (χ4v) is 3.01. The van der Waals surface area contributed by atoms with E-state index in [9.17, 15) is 75.8 Å². The Morgan fingerprint density at radius 3 is 1.30 bits per heavy atom. The lowest BCUT2D eigenvalue weighted by Gasteiger charge is -2.17. The van der Waals surface area contributed by atoms with Crippen LogP contribution in [0, 0.1) is 0 Å². The molecule has 0 radical (unpaired) electrons. The number of aromatic nitrogens is 4. The maximum atomic E-state index is 13.2. The monoisotopic (exact) mass is 605 g/mol. The van der Waals surface area contributed by atoms with Crippen molar-refractivity contribution < 1.29 is 75.8 Å². The summed E-state index contributed by atoms with van der Waals surface area (Å²) >= 11 is 0. The molecule has 3 aromatic rings. The van der Waals surface area contributed by atoms with Crippen LogP contribution in [0.1, 0.15) is 33.1 Å². The number of hydrogen-bond acceptors (Lipinski definition) is 5. The van der Waals surface area contributed by atoms with Crippen LogP contribution >= 0.6 is 0 Å². The summed E-state index contributed by atoms with van der Waals surface area (Å²) in [5, 5.41) is 15.6. The van der Waals surface area contributed by atoms with Gasteiger partial charge in [-0.05, 0) is 24.3 Å². The van der Waals surface area contributed by atoms with Crippen molar-refractivity contribution in [3.63, 3.8) is 0 Å². The number of pyridine rings is 2. The number of alkyl halides is 15. The molecule has 0 unspecified atom stereocenters. The minimum atomic E-state index is -6.07. The fraction of sp³-hybridized carbons (Fsp3) is 0.263. The summed E-state index contributed by atoms with van der Waals surface area (Å²) in [6.07, 6.45) is -28.8. The van der Waals surface area contributed by atoms with Crippen LogP contribution in [0.5, 0.6) is 5.88 Å². The van der Waals surface area contributed by atoms with Gasteiger partial charge in [0, 0.05) is 11.4 Å². The number of hydrogen-bond donors (Lipinski definition) is 0. The van der Waals surface area contributed by atoms with Crippen LogP contribution in [-0.4, -0.2) is 31.7 Å². The first-order chi connectivity index (χ1) is 17.8. The third-order valence-corrected chi connectivity index (χ3v) is 4.64. The van der Waals surface area contributed by atoms with E-state index in [1.807, 2.05) is 0 Å². The molecule has 3 rings (SSSR count). The number of halogens is 15. The van der Waals surface area contributed by atoms with E-state index >= 15 is 0 Å². The molecule has 0 amide bonds. The zero-order chi connectivity index (χ0) is 30.8. The lowest BCUT2D eigenvalue weighted by molar-refractivity contribution is -0.278. The van der Waals surface area contributed by atoms with E-state index in [1.54, 1.807) is 0 Å². The number of carbonyl (C=O) groups is 1. The summed E-state index contributed by atoms with van der Waals surface area (Å²) in [7, 11) is 0. The fourth-order valence-electron chi connectivity index (χ4n) is 3.01. The molecule has 0 fully saturated rings. The summed E-state index contributed by atoms with van der Waals surface area (Å²) in [5.41, 5.74) is -17.1. The molecule has 0 aromatic carbocycles. The number of rotatable bonds is 3. The third kappa shape index (κ3) is 6.06. The van der Waals surface area contributed by atoms with Crippen molar-refractivity contribution >= 4 is 5.78 Å². The van der Waals surface area contributed by atoms with Crippen LogP contribution in [-0.2, 0) is 24.7 Å². The molecule has 0 saturated heterocycles. The molecule has 218 valence electrons. The van der Waals surface area contributed by atoms with Crippen molar-refractivity contribution in [3.8, 4) is 22.8 Å². The molecule has 6 nitrogen and oxygen atoms in total. The van der Waals surface area contributed by atoms with Crippen LogP contribution < -0.4 is 5.11 Å². The highest BCUT2D eigenvalue weighted by Gasteiger charge is 2.45. The summed E-state index contributed by atoms with van der Waals surface area (Å²) in [6, 6.07) is -1.43. The quantitative estimate of drug-likeness (QED) is 0.262. The highest BCUT2D eigenvalue weighted by atomic mass is 19.4. The largest absolute Gasteiger partial charge is 0.858 e. The SMILES string of the molecule is O=C(c1c(-c2cc(C(F)(F)F)nc(C(F)(F)F)c2)nn(-c2cc(C(F)(F)F)nc(C(F)(F)F)c2)c1[O-])C(F)(F)F. The van der Waals surface area contributed by atoms with Crippen molar-refractivity contribution in [2.24, 2.45) is 0 Å². The minimum absolute atomic E-state index is 0.343. The predicted molar refractivity (Wildman–Crippen MR) is 94.4 cm³/mol. The molecule has 0 atom stereocenters. The van der Waals surface area contributed by atoms with Gasteiger partial charge in [0.15, 0.2) is 0 Å². The minimum Gasteiger partial charge on any atom is -0.858 e. The highest BCUT2D eigenvalue weighted by molar-refractivity contribution is 6.07. The van der Waals surface area contributed by atoms with Crippen LogP contribution in [0.4, 0.5) is 65.9 Å². The molecule has 0 aliphatic heterocycles. The van der Waals surface area contributed by atoms with Crippen molar-refractivity contribution in [2.45, 2.75) is 30.9 Å². The lowest BCUT2D eigenvalue weighted by Crippen LogP contribution is -2.24. The van der Waals surface area contributed by atoms with Gasteiger partial charge in [0.1, 0.15) is 28.5 Å². The van der Waals surface area contributed by atoms with Crippen molar-refractivity contribution in [2.75, 3.05) is 0 Å². The van der Waals surface area contributed by atoms with Gasteiger partial charge in [0.05, 0.1) is 11.3 Å². The molecular formula is C19H4F15N4O2-. The molecular weight excluding hydrogens is 601 g/mol. The summed E-state index contributed by atoms with van der Waals surface area (Å²) in [5.74, 6) is -5.66. The van der Waals surface area contributed by atoms with Crippen LogP contribution in [0.15, 0.2) is 24.3 Å². The normalized spacial score (nSPS) is 13.6. The van der Waals surface area contributed by atoms with Gasteiger partial charge >= 0.3 is 30.9 Å². The van der Waals surface area contributed by atoms with Gasteiger partial charge in [0.25, 0.3) is 5.78 Å². The molecule has 0 aliphatic carbocycles. The Labute approximate surface area is 208 Å². The summed E-state index contributed by atoms with van der Waals surface area (Å²) in [4.78, 5) is 16.5. The lowest BCUT2D eigenvalue weighted by atomic mass is 10.0. The molecule has 0 saturated carbocycles. The Bertz CT molecular complexity index is 1400. The predicted octanol–water partition coefficient (Wildman–Crippen LogP) is 6.22. The molecule has 40 heavy (non-hydrogen) atoms. The van der Waals surface area contributed by atoms with Gasteiger partial charge in [-0.15, -0.1) is 0 Å². The summed E-state index contributed by atoms with van der Waals surface area (Å²) in [6.45, 7) is 0. The van der Waals surface area contributed by atoms with Gasteiger partial charge in [-0.2, -0.15) is 71.0 Å².